The minimum absolute atomic E-state index is 0. The van der Waals surface area contributed by atoms with Crippen LogP contribution in [0.15, 0.2) is 4.99 Å². The van der Waals surface area contributed by atoms with Gasteiger partial charge in [0, 0.05) is 6.54 Å². The van der Waals surface area contributed by atoms with Crippen molar-refractivity contribution in [3.8, 4) is 0 Å². The highest BCUT2D eigenvalue weighted by atomic mass is 127. The third-order valence-corrected chi connectivity index (χ3v) is 0.568. The average molecular weight is 198 g/mol. The Bertz CT molecular complexity index is 46.8. The molecule has 0 aliphatic carbocycles. The van der Waals surface area contributed by atoms with E-state index in [1.54, 1.807) is 6.34 Å². The van der Waals surface area contributed by atoms with E-state index >= 15 is 0 Å². The predicted octanol–water partition coefficient (Wildman–Crippen LogP) is 0.236. The summed E-state index contributed by atoms with van der Waals surface area (Å²) in [5.41, 5.74) is 0. The number of hydrogen-bond acceptors (Lipinski definition) is 2. The summed E-state index contributed by atoms with van der Waals surface area (Å²) in [6.07, 6.45) is 1.74. The molecule has 0 aromatic carbocycles. The molecule has 2 nitrogen and oxygen atoms in total. The van der Waals surface area contributed by atoms with E-state index in [1.807, 2.05) is 0 Å². The summed E-state index contributed by atoms with van der Waals surface area (Å²) in [4.78, 5) is 3.85. The van der Waals surface area contributed by atoms with E-state index in [-0.39, 0.29) is 24.0 Å². The van der Waals surface area contributed by atoms with Crippen molar-refractivity contribution >= 4 is 30.3 Å². The van der Waals surface area contributed by atoms with E-state index in [1.165, 1.54) is 0 Å². The third kappa shape index (κ3) is 1.59. The fourth-order valence-corrected chi connectivity index (χ4v) is 0.323. The highest BCUT2D eigenvalue weighted by Crippen LogP contribution is 1.68. The molecule has 0 unspecified atom stereocenters. The number of nitrogens with one attached hydrogen (secondary N) is 1. The number of rotatable bonds is 0. The molecule has 1 rings (SSSR count). The maximum Gasteiger partial charge on any atom is 0.0825 e. The molecule has 6 heavy (non-hydrogen) atoms. The van der Waals surface area contributed by atoms with E-state index in [2.05, 4.69) is 10.3 Å². The molecule has 0 saturated heterocycles. The van der Waals surface area contributed by atoms with E-state index in [4.69, 9.17) is 0 Å². The maximum atomic E-state index is 3.85. The first-order valence-electron chi connectivity index (χ1n) is 1.72. The van der Waals surface area contributed by atoms with Gasteiger partial charge in [-0.2, -0.15) is 0 Å². The lowest BCUT2D eigenvalue weighted by Crippen LogP contribution is -2.04. The van der Waals surface area contributed by atoms with Crippen molar-refractivity contribution in [2.45, 2.75) is 0 Å². The number of hydrogen-bond donors (Lipinski definition) is 1. The molecule has 1 aliphatic heterocycles. The summed E-state index contributed by atoms with van der Waals surface area (Å²) in [6, 6.07) is 0. The monoisotopic (exact) mass is 198 g/mol. The van der Waals surface area contributed by atoms with Gasteiger partial charge in [-0.3, -0.25) is 4.99 Å². The molecule has 0 spiro atoms. The molecule has 0 radical (unpaired) electrons. The largest absolute Gasteiger partial charge is 0.375 e. The van der Waals surface area contributed by atoms with Gasteiger partial charge in [-0.25, -0.2) is 0 Å². The first-order valence-corrected chi connectivity index (χ1v) is 1.72. The first kappa shape index (κ1) is 6.20. The predicted molar refractivity (Wildman–Crippen MR) is 36.8 cm³/mol. The fourth-order valence-electron chi connectivity index (χ4n) is 0.323. The van der Waals surface area contributed by atoms with Crippen LogP contribution in [0.5, 0.6) is 0 Å². The number of halogens is 1. The van der Waals surface area contributed by atoms with Gasteiger partial charge in [-0.1, -0.05) is 0 Å². The molecule has 0 saturated carbocycles. The van der Waals surface area contributed by atoms with Crippen LogP contribution in [-0.4, -0.2) is 19.4 Å². The molecule has 3 heteroatoms. The molecule has 0 amide bonds. The van der Waals surface area contributed by atoms with Crippen LogP contribution in [0, 0.1) is 0 Å². The second-order valence-corrected chi connectivity index (χ2v) is 0.989. The standard InChI is InChI=1S/C3H6N2.HI/c1-2-5-3-4-1;/h3H,1-2H2,(H,4,5);1H. The van der Waals surface area contributed by atoms with Crippen molar-refractivity contribution in [2.75, 3.05) is 13.1 Å². The van der Waals surface area contributed by atoms with Crippen molar-refractivity contribution in [3.63, 3.8) is 0 Å². The van der Waals surface area contributed by atoms with Gasteiger partial charge in [-0.05, 0) is 0 Å². The summed E-state index contributed by atoms with van der Waals surface area (Å²) in [7, 11) is 0. The highest BCUT2D eigenvalue weighted by Gasteiger charge is 1.82. The van der Waals surface area contributed by atoms with Crippen molar-refractivity contribution in [3.05, 3.63) is 0 Å². The van der Waals surface area contributed by atoms with Crippen LogP contribution in [0.2, 0.25) is 0 Å². The summed E-state index contributed by atoms with van der Waals surface area (Å²) in [5, 5.41) is 2.93. The molecule has 0 atom stereocenters. The topological polar surface area (TPSA) is 24.4 Å². The molecule has 1 aliphatic rings. The Morgan fingerprint density at radius 3 is 2.67 bits per heavy atom. The van der Waals surface area contributed by atoms with Crippen LogP contribution in [0.25, 0.3) is 0 Å². The Morgan fingerprint density at radius 2 is 2.50 bits per heavy atom. The number of nitrogens with zero attached hydrogens (tertiary/aromatic N) is 1. The van der Waals surface area contributed by atoms with Crippen LogP contribution >= 0.6 is 24.0 Å². The number of aliphatic imine (C=N–C) groups is 1. The van der Waals surface area contributed by atoms with Crippen molar-refractivity contribution in [1.82, 2.24) is 5.32 Å². The molecule has 0 aromatic heterocycles. The van der Waals surface area contributed by atoms with E-state index in [0.717, 1.165) is 13.1 Å². The van der Waals surface area contributed by atoms with Gasteiger partial charge < -0.3 is 5.32 Å². The Kier molecular flexibility index (Phi) is 3.51. The lowest BCUT2D eigenvalue weighted by Gasteiger charge is -1.75. The molecule has 1 N–H and O–H groups in total. The van der Waals surface area contributed by atoms with Crippen LogP contribution in [-0.2, 0) is 0 Å². The van der Waals surface area contributed by atoms with Crippen LogP contribution in [0.3, 0.4) is 0 Å². The molecule has 36 valence electrons. The zero-order chi connectivity index (χ0) is 3.54. The molecule has 0 aromatic rings. The normalized spacial score (nSPS) is 16.0. The molecule has 0 fully saturated rings. The highest BCUT2D eigenvalue weighted by molar-refractivity contribution is 14.0. The fraction of sp³-hybridized carbons (Fsp3) is 0.667. The summed E-state index contributed by atoms with van der Waals surface area (Å²) in [6.45, 7) is 1.99. The zero-order valence-electron chi connectivity index (χ0n) is 3.35. The minimum atomic E-state index is 0. The Labute approximate surface area is 54.1 Å². The zero-order valence-corrected chi connectivity index (χ0v) is 5.68. The van der Waals surface area contributed by atoms with E-state index in [0.29, 0.717) is 0 Å². The lowest BCUT2D eigenvalue weighted by atomic mass is 10.7. The smallest absolute Gasteiger partial charge is 0.0825 e. The summed E-state index contributed by atoms with van der Waals surface area (Å²) < 4.78 is 0. The molecular formula is C3H7IN2. The first-order chi connectivity index (χ1) is 2.50. The van der Waals surface area contributed by atoms with E-state index in [9.17, 15) is 0 Å². The van der Waals surface area contributed by atoms with Gasteiger partial charge in [0.25, 0.3) is 0 Å². The van der Waals surface area contributed by atoms with Gasteiger partial charge >= 0.3 is 0 Å². The Morgan fingerprint density at radius 1 is 1.67 bits per heavy atom. The van der Waals surface area contributed by atoms with Crippen LogP contribution in [0.4, 0.5) is 0 Å². The minimum Gasteiger partial charge on any atom is -0.375 e. The van der Waals surface area contributed by atoms with Crippen LogP contribution < -0.4 is 5.32 Å². The van der Waals surface area contributed by atoms with Gasteiger partial charge in [0.05, 0.1) is 12.9 Å². The van der Waals surface area contributed by atoms with Gasteiger partial charge in [0.2, 0.25) is 0 Å². The quantitative estimate of drug-likeness (QED) is 0.554. The second-order valence-electron chi connectivity index (χ2n) is 0.989. The second kappa shape index (κ2) is 3.39. The maximum absolute atomic E-state index is 3.85. The van der Waals surface area contributed by atoms with Crippen molar-refractivity contribution < 1.29 is 0 Å². The Balaban J connectivity index is 0.000000250. The average Bonchev–Trinajstić information content (AvgIpc) is 1.76. The van der Waals surface area contributed by atoms with Crippen molar-refractivity contribution in [2.24, 2.45) is 4.99 Å². The SMILES string of the molecule is C1=NCCN1.I. The van der Waals surface area contributed by atoms with Crippen molar-refractivity contribution in [1.29, 1.82) is 0 Å². The molecule has 0 bridgehead atoms. The van der Waals surface area contributed by atoms with Gasteiger partial charge in [-0.15, -0.1) is 24.0 Å². The molecular weight excluding hydrogens is 191 g/mol. The summed E-state index contributed by atoms with van der Waals surface area (Å²) in [5.74, 6) is 0. The van der Waals surface area contributed by atoms with Gasteiger partial charge in [0.15, 0.2) is 0 Å². The third-order valence-electron chi connectivity index (χ3n) is 0.568. The Hall–Kier alpha value is 0.200. The lowest BCUT2D eigenvalue weighted by molar-refractivity contribution is 0.965. The summed E-state index contributed by atoms with van der Waals surface area (Å²) >= 11 is 0. The van der Waals surface area contributed by atoms with E-state index < -0.39 is 0 Å². The van der Waals surface area contributed by atoms with Crippen LogP contribution in [0.1, 0.15) is 0 Å². The molecule has 1 heterocycles. The van der Waals surface area contributed by atoms with Gasteiger partial charge in [0.1, 0.15) is 0 Å².